The van der Waals surface area contributed by atoms with Crippen molar-refractivity contribution in [1.29, 1.82) is 0 Å². The number of nitrogens with zero attached hydrogens (tertiary/aromatic N) is 1. The molecular formula is C23H22N2O4. The average Bonchev–Trinajstić information content (AvgIpc) is 3.21. The highest BCUT2D eigenvalue weighted by Gasteiger charge is 2.16. The largest absolute Gasteiger partial charge is 0.456 e. The Morgan fingerprint density at radius 1 is 1.14 bits per heavy atom. The van der Waals surface area contributed by atoms with Crippen LogP contribution in [-0.4, -0.2) is 10.8 Å². The summed E-state index contributed by atoms with van der Waals surface area (Å²) in [5.41, 5.74) is 2.24. The molecule has 148 valence electrons. The summed E-state index contributed by atoms with van der Waals surface area (Å²) in [5, 5.41) is 14.1. The fraction of sp³-hybridized carbons (Fsp3) is 0.174. The SMILES string of the molecule is CC[C@H](C)c1ccccc1NC(=O)/C=C/c1ccc(-c2ccccc2[N+](=O)[O-])o1. The summed E-state index contributed by atoms with van der Waals surface area (Å²) >= 11 is 0. The second-order valence-electron chi connectivity index (χ2n) is 6.70. The van der Waals surface area contributed by atoms with Crippen LogP contribution in [0.25, 0.3) is 17.4 Å². The van der Waals surface area contributed by atoms with E-state index in [0.717, 1.165) is 17.7 Å². The van der Waals surface area contributed by atoms with Gasteiger partial charge in [-0.3, -0.25) is 14.9 Å². The van der Waals surface area contributed by atoms with Gasteiger partial charge in [0.05, 0.1) is 10.5 Å². The number of benzene rings is 2. The Morgan fingerprint density at radius 2 is 1.86 bits per heavy atom. The molecule has 1 atom stereocenters. The Balaban J connectivity index is 1.74. The second-order valence-corrected chi connectivity index (χ2v) is 6.70. The summed E-state index contributed by atoms with van der Waals surface area (Å²) in [5.74, 6) is 0.872. The smallest absolute Gasteiger partial charge is 0.280 e. The molecule has 1 aromatic heterocycles. The van der Waals surface area contributed by atoms with Gasteiger partial charge in [-0.25, -0.2) is 0 Å². The normalized spacial score (nSPS) is 12.1. The van der Waals surface area contributed by atoms with Crippen LogP contribution in [0.3, 0.4) is 0 Å². The molecule has 0 fully saturated rings. The van der Waals surface area contributed by atoms with Gasteiger partial charge in [0, 0.05) is 17.8 Å². The van der Waals surface area contributed by atoms with Gasteiger partial charge in [0.1, 0.15) is 11.5 Å². The minimum absolute atomic E-state index is 0.0308. The Bertz CT molecular complexity index is 1050. The maximum absolute atomic E-state index is 12.3. The van der Waals surface area contributed by atoms with E-state index in [2.05, 4.69) is 19.2 Å². The molecule has 1 heterocycles. The minimum atomic E-state index is -0.449. The lowest BCUT2D eigenvalue weighted by Crippen LogP contribution is -2.10. The first-order valence-electron chi connectivity index (χ1n) is 9.41. The fourth-order valence-electron chi connectivity index (χ4n) is 3.02. The van der Waals surface area contributed by atoms with Crippen molar-refractivity contribution in [3.05, 3.63) is 88.2 Å². The van der Waals surface area contributed by atoms with E-state index in [1.165, 1.54) is 12.1 Å². The van der Waals surface area contributed by atoms with Crippen LogP contribution < -0.4 is 5.32 Å². The van der Waals surface area contributed by atoms with Crippen LogP contribution in [0.4, 0.5) is 11.4 Å². The highest BCUT2D eigenvalue weighted by Crippen LogP contribution is 2.31. The van der Waals surface area contributed by atoms with Crippen LogP contribution in [0.1, 0.15) is 37.5 Å². The third-order valence-electron chi connectivity index (χ3n) is 4.75. The molecule has 0 bridgehead atoms. The van der Waals surface area contributed by atoms with Gasteiger partial charge in [-0.15, -0.1) is 0 Å². The van der Waals surface area contributed by atoms with Crippen molar-refractivity contribution in [1.82, 2.24) is 0 Å². The number of hydrogen-bond acceptors (Lipinski definition) is 4. The molecule has 2 aromatic carbocycles. The van der Waals surface area contributed by atoms with Crippen molar-refractivity contribution in [2.24, 2.45) is 0 Å². The zero-order valence-electron chi connectivity index (χ0n) is 16.3. The number of amides is 1. The predicted octanol–water partition coefficient (Wildman–Crippen LogP) is 6.02. The monoisotopic (exact) mass is 390 g/mol. The van der Waals surface area contributed by atoms with Gasteiger partial charge in [0.15, 0.2) is 0 Å². The quantitative estimate of drug-likeness (QED) is 0.304. The van der Waals surface area contributed by atoms with Gasteiger partial charge >= 0.3 is 0 Å². The van der Waals surface area contributed by atoms with Gasteiger partial charge in [0.25, 0.3) is 5.69 Å². The van der Waals surface area contributed by atoms with Crippen molar-refractivity contribution in [3.63, 3.8) is 0 Å². The van der Waals surface area contributed by atoms with Crippen LogP contribution in [0, 0.1) is 10.1 Å². The Hall–Kier alpha value is -3.67. The molecule has 0 aliphatic heterocycles. The summed E-state index contributed by atoms with van der Waals surface area (Å²) in [6.45, 7) is 4.22. The lowest BCUT2D eigenvalue weighted by molar-refractivity contribution is -0.384. The molecule has 1 N–H and O–H groups in total. The van der Waals surface area contributed by atoms with Crippen LogP contribution in [0.5, 0.6) is 0 Å². The lowest BCUT2D eigenvalue weighted by atomic mass is 9.97. The number of anilines is 1. The van der Waals surface area contributed by atoms with E-state index >= 15 is 0 Å². The summed E-state index contributed by atoms with van der Waals surface area (Å²) in [6.07, 6.45) is 3.90. The first kappa shape index (κ1) is 20.1. The molecule has 0 radical (unpaired) electrons. The molecule has 6 nitrogen and oxygen atoms in total. The molecule has 3 aromatic rings. The van der Waals surface area contributed by atoms with E-state index in [9.17, 15) is 14.9 Å². The molecule has 6 heteroatoms. The maximum atomic E-state index is 12.3. The number of nitro groups is 1. The summed E-state index contributed by atoms with van der Waals surface area (Å²) in [4.78, 5) is 23.1. The first-order chi connectivity index (χ1) is 14.0. The van der Waals surface area contributed by atoms with Crippen LogP contribution in [0.2, 0.25) is 0 Å². The minimum Gasteiger partial charge on any atom is -0.456 e. The number of furan rings is 1. The van der Waals surface area contributed by atoms with Gasteiger partial charge in [0.2, 0.25) is 5.91 Å². The van der Waals surface area contributed by atoms with E-state index in [4.69, 9.17) is 4.42 Å². The highest BCUT2D eigenvalue weighted by atomic mass is 16.6. The number of carbonyl (C=O) groups excluding carboxylic acids is 1. The van der Waals surface area contributed by atoms with Gasteiger partial charge in [-0.1, -0.05) is 44.2 Å². The van der Waals surface area contributed by atoms with E-state index in [1.807, 2.05) is 24.3 Å². The molecule has 1 amide bonds. The van der Waals surface area contributed by atoms with Gasteiger partial charge in [-0.2, -0.15) is 0 Å². The van der Waals surface area contributed by atoms with E-state index in [0.29, 0.717) is 23.0 Å². The standard InChI is InChI=1S/C23H22N2O4/c1-3-16(2)18-8-4-6-10-20(18)24-23(26)15-13-17-12-14-22(29-17)19-9-5-7-11-21(19)25(27)28/h4-16H,3H2,1-2H3,(H,24,26)/b15-13+/t16-/m0/s1. The second kappa shape index (κ2) is 9.01. The zero-order valence-corrected chi connectivity index (χ0v) is 16.3. The molecule has 3 rings (SSSR count). The van der Waals surface area contributed by atoms with Crippen molar-refractivity contribution in [2.45, 2.75) is 26.2 Å². The number of para-hydroxylation sites is 2. The Kier molecular flexibility index (Phi) is 6.24. The van der Waals surface area contributed by atoms with Crippen molar-refractivity contribution in [3.8, 4) is 11.3 Å². The van der Waals surface area contributed by atoms with Crippen LogP contribution in [-0.2, 0) is 4.79 Å². The molecule has 0 aliphatic rings. The third-order valence-corrected chi connectivity index (χ3v) is 4.75. The molecule has 0 unspecified atom stereocenters. The van der Waals surface area contributed by atoms with Crippen LogP contribution in [0.15, 0.2) is 71.2 Å². The number of nitrogens with one attached hydrogen (secondary N) is 1. The van der Waals surface area contributed by atoms with Crippen molar-refractivity contribution in [2.75, 3.05) is 5.32 Å². The molecule has 0 saturated heterocycles. The number of nitro benzene ring substituents is 1. The van der Waals surface area contributed by atoms with Crippen LogP contribution >= 0.6 is 0 Å². The number of carbonyl (C=O) groups is 1. The van der Waals surface area contributed by atoms with E-state index in [1.54, 1.807) is 36.4 Å². The average molecular weight is 390 g/mol. The lowest BCUT2D eigenvalue weighted by Gasteiger charge is -2.14. The molecule has 29 heavy (non-hydrogen) atoms. The highest BCUT2D eigenvalue weighted by molar-refractivity contribution is 6.02. The van der Waals surface area contributed by atoms with Gasteiger partial charge < -0.3 is 9.73 Å². The van der Waals surface area contributed by atoms with E-state index < -0.39 is 4.92 Å². The maximum Gasteiger partial charge on any atom is 0.280 e. The number of hydrogen-bond donors (Lipinski definition) is 1. The van der Waals surface area contributed by atoms with Gasteiger partial charge in [-0.05, 0) is 48.2 Å². The van der Waals surface area contributed by atoms with Crippen molar-refractivity contribution < 1.29 is 14.1 Å². The Morgan fingerprint density at radius 3 is 2.62 bits per heavy atom. The zero-order chi connectivity index (χ0) is 20.8. The van der Waals surface area contributed by atoms with E-state index in [-0.39, 0.29) is 11.6 Å². The Labute approximate surface area is 169 Å². The van der Waals surface area contributed by atoms with Crippen molar-refractivity contribution >= 4 is 23.4 Å². The predicted molar refractivity (Wildman–Crippen MR) is 114 cm³/mol. The third kappa shape index (κ3) is 4.79. The summed E-state index contributed by atoms with van der Waals surface area (Å²) in [6, 6.07) is 17.4. The fourth-order valence-corrected chi connectivity index (χ4v) is 3.02. The summed E-state index contributed by atoms with van der Waals surface area (Å²) < 4.78 is 5.67. The molecular weight excluding hydrogens is 368 g/mol. The topological polar surface area (TPSA) is 85.4 Å². The summed E-state index contributed by atoms with van der Waals surface area (Å²) in [7, 11) is 0. The molecule has 0 aliphatic carbocycles. The molecule has 0 spiro atoms. The molecule has 0 saturated carbocycles. The first-order valence-corrected chi connectivity index (χ1v) is 9.41. The number of rotatable bonds is 7.